The SMILES string of the molecule is O=C(Cc1csc(-c2ccc(CN3CCOCC3)cc2)n1)NC1NNNN1. The summed E-state index contributed by atoms with van der Waals surface area (Å²) in [6.45, 7) is 4.54. The molecule has 0 aliphatic carbocycles. The largest absolute Gasteiger partial charge is 0.379 e. The van der Waals surface area contributed by atoms with Crippen molar-refractivity contribution in [2.24, 2.45) is 0 Å². The Kier molecular flexibility index (Phi) is 6.04. The molecule has 1 amide bonds. The third kappa shape index (κ3) is 5.08. The van der Waals surface area contributed by atoms with E-state index in [9.17, 15) is 4.79 Å². The van der Waals surface area contributed by atoms with Crippen molar-refractivity contribution in [3.8, 4) is 10.6 Å². The van der Waals surface area contributed by atoms with Crippen LogP contribution in [0.1, 0.15) is 11.3 Å². The number of amides is 1. The summed E-state index contributed by atoms with van der Waals surface area (Å²) in [5.41, 5.74) is 14.0. The zero-order chi connectivity index (χ0) is 18.5. The van der Waals surface area contributed by atoms with Crippen molar-refractivity contribution in [2.45, 2.75) is 19.3 Å². The summed E-state index contributed by atoms with van der Waals surface area (Å²) >= 11 is 1.55. The first-order valence-corrected chi connectivity index (χ1v) is 9.78. The molecule has 3 heterocycles. The van der Waals surface area contributed by atoms with Gasteiger partial charge in [0.1, 0.15) is 5.01 Å². The molecule has 2 aliphatic heterocycles. The number of hydrazine groups is 3. The van der Waals surface area contributed by atoms with Gasteiger partial charge < -0.3 is 10.1 Å². The summed E-state index contributed by atoms with van der Waals surface area (Å²) in [6.07, 6.45) is -0.111. The Labute approximate surface area is 161 Å². The molecule has 0 atom stereocenters. The van der Waals surface area contributed by atoms with Crippen LogP contribution in [0.25, 0.3) is 10.6 Å². The van der Waals surface area contributed by atoms with E-state index in [1.807, 2.05) is 5.38 Å². The molecule has 0 bridgehead atoms. The number of nitrogens with one attached hydrogen (secondary N) is 5. The molecule has 0 radical (unpaired) electrons. The molecule has 4 rings (SSSR count). The van der Waals surface area contributed by atoms with Crippen molar-refractivity contribution in [2.75, 3.05) is 26.3 Å². The number of rotatable bonds is 6. The van der Waals surface area contributed by atoms with E-state index in [1.54, 1.807) is 11.3 Å². The van der Waals surface area contributed by atoms with Gasteiger partial charge in [0, 0.05) is 30.6 Å². The lowest BCUT2D eigenvalue weighted by atomic mass is 10.1. The normalized spacial score (nSPS) is 18.7. The molecule has 1 aromatic carbocycles. The lowest BCUT2D eigenvalue weighted by molar-refractivity contribution is -0.121. The number of hydrogen-bond donors (Lipinski definition) is 5. The van der Waals surface area contributed by atoms with Crippen molar-refractivity contribution in [1.82, 2.24) is 37.1 Å². The highest BCUT2D eigenvalue weighted by Crippen LogP contribution is 2.24. The maximum absolute atomic E-state index is 12.1. The Morgan fingerprint density at radius 1 is 1.22 bits per heavy atom. The molecule has 27 heavy (non-hydrogen) atoms. The number of morpholine rings is 1. The van der Waals surface area contributed by atoms with E-state index in [-0.39, 0.29) is 18.6 Å². The fourth-order valence-corrected chi connectivity index (χ4v) is 3.82. The molecule has 1 aromatic heterocycles. The average Bonchev–Trinajstić information content (AvgIpc) is 3.35. The lowest BCUT2D eigenvalue weighted by Crippen LogP contribution is -2.50. The standard InChI is InChI=1S/C17H23N7O2S/c25-15(19-17-20-22-23-21-17)9-14-11-27-16(18-14)13-3-1-12(2-4-13)10-24-5-7-26-8-6-24/h1-4,11,17,20-23H,5-10H2,(H,19,25). The van der Waals surface area contributed by atoms with Gasteiger partial charge in [0.25, 0.3) is 0 Å². The van der Waals surface area contributed by atoms with Crippen LogP contribution >= 0.6 is 11.3 Å². The number of ether oxygens (including phenoxy) is 1. The Hall–Kier alpha value is -1.92. The molecule has 2 fully saturated rings. The molecule has 9 nitrogen and oxygen atoms in total. The number of nitrogens with zero attached hydrogens (tertiary/aromatic N) is 2. The molecule has 144 valence electrons. The molecule has 0 unspecified atom stereocenters. The van der Waals surface area contributed by atoms with Gasteiger partial charge in [-0.2, -0.15) is 11.1 Å². The van der Waals surface area contributed by atoms with Gasteiger partial charge in [0.05, 0.1) is 25.3 Å². The molecular weight excluding hydrogens is 366 g/mol. The van der Waals surface area contributed by atoms with E-state index < -0.39 is 0 Å². The second-order valence-electron chi connectivity index (χ2n) is 6.45. The van der Waals surface area contributed by atoms with Crippen LogP contribution < -0.4 is 27.2 Å². The number of thiazole rings is 1. The van der Waals surface area contributed by atoms with Gasteiger partial charge in [-0.15, -0.1) is 11.3 Å². The van der Waals surface area contributed by atoms with Crippen molar-refractivity contribution in [3.63, 3.8) is 0 Å². The predicted octanol–water partition coefficient (Wildman–Crippen LogP) is -0.298. The Balaban J connectivity index is 1.32. The summed E-state index contributed by atoms with van der Waals surface area (Å²) in [7, 11) is 0. The summed E-state index contributed by atoms with van der Waals surface area (Å²) in [5.74, 6) is -0.108. The summed E-state index contributed by atoms with van der Waals surface area (Å²) < 4.78 is 5.39. The van der Waals surface area contributed by atoms with Gasteiger partial charge in [0.2, 0.25) is 5.91 Å². The van der Waals surface area contributed by atoms with Crippen molar-refractivity contribution >= 4 is 17.2 Å². The van der Waals surface area contributed by atoms with Gasteiger partial charge >= 0.3 is 0 Å². The predicted molar refractivity (Wildman–Crippen MR) is 102 cm³/mol. The van der Waals surface area contributed by atoms with Gasteiger partial charge in [-0.05, 0) is 5.56 Å². The lowest BCUT2D eigenvalue weighted by Gasteiger charge is -2.26. The second kappa shape index (κ2) is 8.85. The number of aromatic nitrogens is 1. The third-order valence-electron chi connectivity index (χ3n) is 4.41. The maximum atomic E-state index is 12.1. The van der Waals surface area contributed by atoms with Gasteiger partial charge in [-0.25, -0.2) is 15.8 Å². The second-order valence-corrected chi connectivity index (χ2v) is 7.30. The molecule has 0 saturated carbocycles. The van der Waals surface area contributed by atoms with Crippen molar-refractivity contribution in [3.05, 3.63) is 40.9 Å². The number of benzene rings is 1. The molecule has 2 aliphatic rings. The van der Waals surface area contributed by atoms with E-state index in [2.05, 4.69) is 61.4 Å². The molecule has 10 heteroatoms. The number of carbonyl (C=O) groups is 1. The minimum absolute atomic E-state index is 0.108. The van der Waals surface area contributed by atoms with Crippen LogP contribution in [0.15, 0.2) is 29.6 Å². The highest BCUT2D eigenvalue weighted by Gasteiger charge is 2.16. The number of hydrogen-bond acceptors (Lipinski definition) is 9. The van der Waals surface area contributed by atoms with Gasteiger partial charge in [-0.1, -0.05) is 24.3 Å². The van der Waals surface area contributed by atoms with Crippen molar-refractivity contribution < 1.29 is 9.53 Å². The van der Waals surface area contributed by atoms with Crippen LogP contribution in [0.5, 0.6) is 0 Å². The molecule has 2 saturated heterocycles. The summed E-state index contributed by atoms with van der Waals surface area (Å²) in [5, 5.41) is 5.65. The Morgan fingerprint density at radius 3 is 2.70 bits per heavy atom. The van der Waals surface area contributed by atoms with E-state index >= 15 is 0 Å². The fourth-order valence-electron chi connectivity index (χ4n) is 2.99. The van der Waals surface area contributed by atoms with Crippen LogP contribution in [0, 0.1) is 0 Å². The van der Waals surface area contributed by atoms with Crippen LogP contribution in [-0.2, 0) is 22.5 Å². The zero-order valence-corrected chi connectivity index (χ0v) is 15.6. The third-order valence-corrected chi connectivity index (χ3v) is 5.35. The minimum Gasteiger partial charge on any atom is -0.379 e. The average molecular weight is 389 g/mol. The molecule has 5 N–H and O–H groups in total. The first kappa shape index (κ1) is 18.4. The Bertz CT molecular complexity index is 755. The Morgan fingerprint density at radius 2 is 1.96 bits per heavy atom. The first-order chi connectivity index (χ1) is 13.3. The summed E-state index contributed by atoms with van der Waals surface area (Å²) in [6, 6.07) is 8.50. The van der Waals surface area contributed by atoms with Crippen LogP contribution in [0.4, 0.5) is 0 Å². The minimum atomic E-state index is -0.352. The fraction of sp³-hybridized carbons (Fsp3) is 0.412. The summed E-state index contributed by atoms with van der Waals surface area (Å²) in [4.78, 5) is 19.1. The van der Waals surface area contributed by atoms with Crippen LogP contribution in [0.2, 0.25) is 0 Å². The van der Waals surface area contributed by atoms with Crippen LogP contribution in [0.3, 0.4) is 0 Å². The van der Waals surface area contributed by atoms with Gasteiger partial charge in [-0.3, -0.25) is 9.69 Å². The molecular formula is C17H23N7O2S. The van der Waals surface area contributed by atoms with Gasteiger partial charge in [0.15, 0.2) is 6.29 Å². The monoisotopic (exact) mass is 389 g/mol. The van der Waals surface area contributed by atoms with Crippen molar-refractivity contribution in [1.29, 1.82) is 0 Å². The molecule has 0 spiro atoms. The van der Waals surface area contributed by atoms with Crippen LogP contribution in [-0.4, -0.2) is 48.4 Å². The zero-order valence-electron chi connectivity index (χ0n) is 14.8. The number of carbonyl (C=O) groups excluding carboxylic acids is 1. The highest BCUT2D eigenvalue weighted by atomic mass is 32.1. The van der Waals surface area contributed by atoms with E-state index in [4.69, 9.17) is 4.74 Å². The molecule has 2 aromatic rings. The smallest absolute Gasteiger partial charge is 0.228 e. The first-order valence-electron chi connectivity index (χ1n) is 8.90. The quantitative estimate of drug-likeness (QED) is 0.459. The van der Waals surface area contributed by atoms with E-state index in [1.165, 1.54) is 5.56 Å². The van der Waals surface area contributed by atoms with E-state index in [0.29, 0.717) is 0 Å². The highest BCUT2D eigenvalue weighted by molar-refractivity contribution is 7.13. The topological polar surface area (TPSA) is 103 Å². The van der Waals surface area contributed by atoms with E-state index in [0.717, 1.165) is 49.1 Å². The maximum Gasteiger partial charge on any atom is 0.228 e.